The maximum absolute atomic E-state index is 14.1. The molecule has 0 saturated heterocycles. The molecule has 0 bridgehead atoms. The van der Waals surface area contributed by atoms with Crippen molar-refractivity contribution in [2.24, 2.45) is 5.92 Å². The van der Waals surface area contributed by atoms with E-state index < -0.39 is 23.6 Å². The summed E-state index contributed by atoms with van der Waals surface area (Å²) in [4.78, 5) is 62.6. The minimum absolute atomic E-state index is 0.127. The monoisotopic (exact) mass is 551 g/mol. The standard InChI is InChI=1S/C32H33N5O4/c1-35(2)25-16-14-24(15-17-25)34-31(40)29(23-10-4-3-5-11-23)37(20-22-9-8-18-33-19-22)28(38)21-36-27-13-7-6-12-26(27)30(39)32(36)41/h3-4,6-9,12-19,23,29H,5,10-11,20-21H2,1-2H3,(H,34,40). The number of benzene rings is 2. The Bertz CT molecular complexity index is 1470. The van der Waals surface area contributed by atoms with E-state index in [0.29, 0.717) is 17.8 Å². The average Bonchev–Trinajstić information content (AvgIpc) is 3.23. The summed E-state index contributed by atoms with van der Waals surface area (Å²) < 4.78 is 0. The van der Waals surface area contributed by atoms with Gasteiger partial charge in [-0.15, -0.1) is 0 Å². The highest BCUT2D eigenvalue weighted by molar-refractivity contribution is 6.52. The summed E-state index contributed by atoms with van der Waals surface area (Å²) in [5, 5.41) is 3.03. The molecule has 41 heavy (non-hydrogen) atoms. The summed E-state index contributed by atoms with van der Waals surface area (Å²) >= 11 is 0. The summed E-state index contributed by atoms with van der Waals surface area (Å²) in [7, 11) is 3.89. The van der Waals surface area contributed by atoms with Gasteiger partial charge in [0, 0.05) is 44.4 Å². The van der Waals surface area contributed by atoms with Gasteiger partial charge in [0.05, 0.1) is 11.3 Å². The number of hydrogen-bond acceptors (Lipinski definition) is 6. The Labute approximate surface area is 239 Å². The van der Waals surface area contributed by atoms with Crippen LogP contribution in [0, 0.1) is 5.92 Å². The van der Waals surface area contributed by atoms with Crippen molar-refractivity contribution in [2.75, 3.05) is 35.8 Å². The van der Waals surface area contributed by atoms with E-state index >= 15 is 0 Å². The van der Waals surface area contributed by atoms with E-state index in [1.54, 1.807) is 47.6 Å². The van der Waals surface area contributed by atoms with Gasteiger partial charge in [-0.1, -0.05) is 30.4 Å². The number of Topliss-reactive ketones (excluding diaryl/α,β-unsaturated/α-hetero) is 1. The molecule has 3 aromatic rings. The highest BCUT2D eigenvalue weighted by atomic mass is 16.2. The fraction of sp³-hybridized carbons (Fsp3) is 0.281. The molecule has 1 N–H and O–H groups in total. The first-order valence-electron chi connectivity index (χ1n) is 13.7. The third kappa shape index (κ3) is 6.04. The van der Waals surface area contributed by atoms with Gasteiger partial charge in [0.1, 0.15) is 12.6 Å². The lowest BCUT2D eigenvalue weighted by Gasteiger charge is -2.37. The molecular formula is C32H33N5O4. The lowest BCUT2D eigenvalue weighted by molar-refractivity contribution is -0.140. The van der Waals surface area contributed by atoms with Crippen LogP contribution in [0.5, 0.6) is 0 Å². The van der Waals surface area contributed by atoms with Gasteiger partial charge in [-0.2, -0.15) is 0 Å². The van der Waals surface area contributed by atoms with Gasteiger partial charge in [-0.05, 0) is 73.2 Å². The zero-order chi connectivity index (χ0) is 28.9. The first-order chi connectivity index (χ1) is 19.8. The van der Waals surface area contributed by atoms with Crippen LogP contribution >= 0.6 is 0 Å². The Balaban J connectivity index is 1.48. The second kappa shape index (κ2) is 12.2. The van der Waals surface area contributed by atoms with Crippen molar-refractivity contribution in [2.45, 2.75) is 31.8 Å². The topological polar surface area (TPSA) is 103 Å². The molecule has 210 valence electrons. The molecule has 9 nitrogen and oxygen atoms in total. The number of hydrogen-bond donors (Lipinski definition) is 1. The fourth-order valence-electron chi connectivity index (χ4n) is 5.43. The van der Waals surface area contributed by atoms with E-state index in [1.807, 2.05) is 55.4 Å². The highest BCUT2D eigenvalue weighted by Gasteiger charge is 2.41. The molecule has 2 aliphatic rings. The van der Waals surface area contributed by atoms with Crippen molar-refractivity contribution in [1.29, 1.82) is 0 Å². The number of aromatic nitrogens is 1. The normalized spacial score (nSPS) is 16.7. The van der Waals surface area contributed by atoms with E-state index in [4.69, 9.17) is 0 Å². The minimum Gasteiger partial charge on any atom is -0.378 e. The smallest absolute Gasteiger partial charge is 0.299 e. The number of ketones is 1. The minimum atomic E-state index is -0.815. The second-order valence-electron chi connectivity index (χ2n) is 10.5. The third-order valence-electron chi connectivity index (χ3n) is 7.58. The van der Waals surface area contributed by atoms with E-state index in [9.17, 15) is 19.2 Å². The molecule has 2 heterocycles. The van der Waals surface area contributed by atoms with Gasteiger partial charge >= 0.3 is 0 Å². The molecule has 0 fully saturated rings. The van der Waals surface area contributed by atoms with E-state index in [-0.39, 0.29) is 30.5 Å². The van der Waals surface area contributed by atoms with Gasteiger partial charge in [-0.3, -0.25) is 29.1 Å². The van der Waals surface area contributed by atoms with Crippen molar-refractivity contribution >= 4 is 40.6 Å². The summed E-state index contributed by atoms with van der Waals surface area (Å²) in [6, 6.07) is 17.0. The van der Waals surface area contributed by atoms with Gasteiger partial charge in [-0.25, -0.2) is 0 Å². The number of anilines is 3. The van der Waals surface area contributed by atoms with E-state index in [2.05, 4.69) is 16.4 Å². The molecule has 9 heteroatoms. The first kappa shape index (κ1) is 27.8. The maximum atomic E-state index is 14.1. The largest absolute Gasteiger partial charge is 0.378 e. The Morgan fingerprint density at radius 1 is 1.02 bits per heavy atom. The predicted octanol–water partition coefficient (Wildman–Crippen LogP) is 4.07. The van der Waals surface area contributed by atoms with Crippen molar-refractivity contribution in [3.63, 3.8) is 0 Å². The zero-order valence-corrected chi connectivity index (χ0v) is 23.2. The molecule has 3 amide bonds. The molecule has 2 atom stereocenters. The van der Waals surface area contributed by atoms with Crippen LogP contribution in [-0.2, 0) is 20.9 Å². The number of carbonyl (C=O) groups is 4. The fourth-order valence-corrected chi connectivity index (χ4v) is 5.43. The molecule has 0 spiro atoms. The molecule has 1 aromatic heterocycles. The van der Waals surface area contributed by atoms with Gasteiger partial charge in [0.25, 0.3) is 11.7 Å². The summed E-state index contributed by atoms with van der Waals surface area (Å²) in [5.74, 6) is -2.25. The number of nitrogens with zero attached hydrogens (tertiary/aromatic N) is 4. The van der Waals surface area contributed by atoms with Crippen LogP contribution in [0.15, 0.2) is 85.2 Å². The predicted molar refractivity (Wildman–Crippen MR) is 158 cm³/mol. The first-order valence-corrected chi connectivity index (χ1v) is 13.7. The summed E-state index contributed by atoms with van der Waals surface area (Å²) in [6.07, 6.45) is 9.61. The second-order valence-corrected chi connectivity index (χ2v) is 10.5. The molecule has 0 radical (unpaired) electrons. The molecule has 2 aromatic carbocycles. The SMILES string of the molecule is CN(C)c1ccc(NC(=O)C(C2CC=CCC2)N(Cc2cccnc2)C(=O)CN2C(=O)C(=O)c3ccccc32)cc1. The quantitative estimate of drug-likeness (QED) is 0.318. The number of nitrogens with one attached hydrogen (secondary N) is 1. The number of fused-ring (bicyclic) bond motifs is 1. The van der Waals surface area contributed by atoms with Crippen molar-refractivity contribution in [3.05, 3.63) is 96.3 Å². The molecule has 1 aliphatic heterocycles. The highest BCUT2D eigenvalue weighted by Crippen LogP contribution is 2.31. The molecule has 5 rings (SSSR count). The number of rotatable bonds is 9. The van der Waals surface area contributed by atoms with Crippen molar-refractivity contribution < 1.29 is 19.2 Å². The van der Waals surface area contributed by atoms with Crippen molar-refractivity contribution in [1.82, 2.24) is 9.88 Å². The number of allylic oxidation sites excluding steroid dienone is 2. The van der Waals surface area contributed by atoms with Crippen LogP contribution in [0.2, 0.25) is 0 Å². The lowest BCUT2D eigenvalue weighted by atomic mass is 9.85. The van der Waals surface area contributed by atoms with Crippen LogP contribution in [-0.4, -0.2) is 60.1 Å². The lowest BCUT2D eigenvalue weighted by Crippen LogP contribution is -2.54. The van der Waals surface area contributed by atoms with Crippen LogP contribution < -0.4 is 15.1 Å². The molecule has 2 unspecified atom stereocenters. The van der Waals surface area contributed by atoms with E-state index in [0.717, 1.165) is 24.1 Å². The maximum Gasteiger partial charge on any atom is 0.299 e. The number of pyridine rings is 1. The Kier molecular flexibility index (Phi) is 8.24. The van der Waals surface area contributed by atoms with Crippen LogP contribution in [0.1, 0.15) is 35.2 Å². The van der Waals surface area contributed by atoms with Gasteiger partial charge in [0.2, 0.25) is 11.8 Å². The molecule has 1 aliphatic carbocycles. The zero-order valence-electron chi connectivity index (χ0n) is 23.2. The third-order valence-corrected chi connectivity index (χ3v) is 7.58. The number of amides is 3. The van der Waals surface area contributed by atoms with Gasteiger partial charge in [0.15, 0.2) is 0 Å². The van der Waals surface area contributed by atoms with Crippen LogP contribution in [0.4, 0.5) is 17.1 Å². The molecule has 0 saturated carbocycles. The Hall–Kier alpha value is -4.79. The van der Waals surface area contributed by atoms with E-state index in [1.165, 1.54) is 4.90 Å². The summed E-state index contributed by atoms with van der Waals surface area (Å²) in [6.45, 7) is -0.228. The summed E-state index contributed by atoms with van der Waals surface area (Å²) in [5.41, 5.74) is 3.05. The Morgan fingerprint density at radius 3 is 2.49 bits per heavy atom. The number of para-hydroxylation sites is 1. The van der Waals surface area contributed by atoms with Crippen LogP contribution in [0.3, 0.4) is 0 Å². The Morgan fingerprint density at radius 2 is 1.80 bits per heavy atom. The van der Waals surface area contributed by atoms with Crippen LogP contribution in [0.25, 0.3) is 0 Å². The van der Waals surface area contributed by atoms with Crippen molar-refractivity contribution in [3.8, 4) is 0 Å². The molecular weight excluding hydrogens is 518 g/mol. The average molecular weight is 552 g/mol. The van der Waals surface area contributed by atoms with Gasteiger partial charge < -0.3 is 15.1 Å². The number of carbonyl (C=O) groups excluding carboxylic acids is 4.